The third-order valence-corrected chi connectivity index (χ3v) is 12.1. The van der Waals surface area contributed by atoms with Gasteiger partial charge in [-0.15, -0.1) is 0 Å². The van der Waals surface area contributed by atoms with E-state index >= 15 is 0 Å². The highest BCUT2D eigenvalue weighted by atomic mass is 32.2. The zero-order valence-corrected chi connectivity index (χ0v) is 35.3. The SMILES string of the molecule is CCCCC[N+]1=C(C=CC=C(C=CC=C2N(CCCCS(=O)(=O)O)c3ccc(C)cc3C2(C)C)c2cccc(CCCC(=O)O)c2)C(C)(C)c2cc(C)ccc21. The van der Waals surface area contributed by atoms with Crippen molar-refractivity contribution in [2.75, 3.05) is 23.7 Å². The largest absolute Gasteiger partial charge is 0.481 e. The standard InChI is InChI=1S/C48H60N2O5S/c1-8-9-10-29-49-42-27-25-35(2)32-40(42)47(4,5)44(49)22-15-19-38(39-21-13-17-37(34-39)18-14-24-46(51)52)20-16-23-45-48(6,7)41-33-36(3)26-28-43(41)50(45)30-11-12-31-56(53,54)55/h13,15-17,19-23,25-28,32-34H,8-12,14,18,24,29-31H2,1-7H3,(H-,51,52,53,54,55)/p+1. The molecule has 2 N–H and O–H groups in total. The van der Waals surface area contributed by atoms with Crippen LogP contribution < -0.4 is 4.90 Å². The lowest BCUT2D eigenvalue weighted by atomic mass is 9.81. The number of carboxylic acid groups (broad SMARTS) is 1. The Bertz CT molecular complexity index is 2190. The van der Waals surface area contributed by atoms with E-state index in [1.807, 2.05) is 6.07 Å². The van der Waals surface area contributed by atoms with Gasteiger partial charge in [0.25, 0.3) is 10.1 Å². The molecule has 0 aromatic heterocycles. The first-order chi connectivity index (χ1) is 26.5. The van der Waals surface area contributed by atoms with Crippen molar-refractivity contribution in [2.45, 2.75) is 111 Å². The molecule has 5 rings (SSSR count). The lowest BCUT2D eigenvalue weighted by Crippen LogP contribution is -2.28. The summed E-state index contributed by atoms with van der Waals surface area (Å²) in [5.74, 6) is -1.03. The number of rotatable bonds is 18. The van der Waals surface area contributed by atoms with Crippen LogP contribution in [-0.4, -0.2) is 53.2 Å². The van der Waals surface area contributed by atoms with Crippen LogP contribution in [0.25, 0.3) is 5.57 Å². The lowest BCUT2D eigenvalue weighted by Gasteiger charge is -2.27. The van der Waals surface area contributed by atoms with Crippen LogP contribution in [0.5, 0.6) is 0 Å². The third-order valence-electron chi connectivity index (χ3n) is 11.3. The summed E-state index contributed by atoms with van der Waals surface area (Å²) in [6.07, 6.45) is 18.9. The second kappa shape index (κ2) is 18.2. The van der Waals surface area contributed by atoms with Crippen molar-refractivity contribution in [3.8, 4) is 0 Å². The lowest BCUT2D eigenvalue weighted by molar-refractivity contribution is -0.438. The number of aryl methyl sites for hydroxylation is 3. The van der Waals surface area contributed by atoms with Gasteiger partial charge in [0, 0.05) is 53.9 Å². The van der Waals surface area contributed by atoms with Gasteiger partial charge in [-0.2, -0.15) is 13.0 Å². The maximum Gasteiger partial charge on any atom is 0.303 e. The Hall–Kier alpha value is -4.53. The van der Waals surface area contributed by atoms with E-state index in [1.54, 1.807) is 0 Å². The topological polar surface area (TPSA) is 97.9 Å². The van der Waals surface area contributed by atoms with Crippen LogP contribution in [0.4, 0.5) is 11.4 Å². The van der Waals surface area contributed by atoms with Gasteiger partial charge in [0.2, 0.25) is 5.69 Å². The molecule has 2 aliphatic heterocycles. The average Bonchev–Trinajstić information content (AvgIpc) is 3.46. The van der Waals surface area contributed by atoms with E-state index in [0.29, 0.717) is 32.2 Å². The molecule has 0 fully saturated rings. The molecule has 7 nitrogen and oxygen atoms in total. The van der Waals surface area contributed by atoms with Gasteiger partial charge in [0.1, 0.15) is 6.54 Å². The molecule has 0 unspecified atom stereocenters. The molecule has 2 aliphatic rings. The first-order valence-corrected chi connectivity index (χ1v) is 21.8. The van der Waals surface area contributed by atoms with E-state index in [2.05, 4.69) is 149 Å². The molecule has 3 aromatic rings. The maximum absolute atomic E-state index is 11.5. The summed E-state index contributed by atoms with van der Waals surface area (Å²) < 4.78 is 34.7. The molecule has 0 amide bonds. The van der Waals surface area contributed by atoms with Crippen LogP contribution >= 0.6 is 0 Å². The molecule has 0 saturated heterocycles. The first-order valence-electron chi connectivity index (χ1n) is 20.2. The fourth-order valence-electron chi connectivity index (χ4n) is 8.22. The number of carboxylic acids is 1. The highest BCUT2D eigenvalue weighted by molar-refractivity contribution is 7.85. The Morgan fingerprint density at radius 2 is 1.59 bits per heavy atom. The number of allylic oxidation sites excluding steroid dienone is 8. The molecule has 0 radical (unpaired) electrons. The fourth-order valence-corrected chi connectivity index (χ4v) is 8.79. The van der Waals surface area contributed by atoms with E-state index in [-0.39, 0.29) is 23.0 Å². The third kappa shape index (κ3) is 10.3. The van der Waals surface area contributed by atoms with Crippen molar-refractivity contribution in [3.05, 3.63) is 136 Å². The number of fused-ring (bicyclic) bond motifs is 2. The smallest absolute Gasteiger partial charge is 0.303 e. The van der Waals surface area contributed by atoms with Crippen molar-refractivity contribution in [3.63, 3.8) is 0 Å². The molecule has 56 heavy (non-hydrogen) atoms. The molecule has 0 spiro atoms. The van der Waals surface area contributed by atoms with E-state index in [1.165, 1.54) is 46.5 Å². The van der Waals surface area contributed by atoms with E-state index in [0.717, 1.165) is 41.1 Å². The molecule has 8 heteroatoms. The molecule has 2 heterocycles. The fraction of sp³-hybridized carbons (Fsp3) is 0.417. The van der Waals surface area contributed by atoms with Gasteiger partial charge in [-0.25, -0.2) is 0 Å². The minimum Gasteiger partial charge on any atom is -0.481 e. The Labute approximate surface area is 335 Å². The average molecular weight is 778 g/mol. The van der Waals surface area contributed by atoms with Gasteiger partial charge in [-0.1, -0.05) is 105 Å². The number of hydrogen-bond donors (Lipinski definition) is 2. The van der Waals surface area contributed by atoms with Gasteiger partial charge >= 0.3 is 5.97 Å². The van der Waals surface area contributed by atoms with Crippen LogP contribution in [0.2, 0.25) is 0 Å². The number of carbonyl (C=O) groups is 1. The van der Waals surface area contributed by atoms with E-state index < -0.39 is 16.1 Å². The summed E-state index contributed by atoms with van der Waals surface area (Å²) >= 11 is 0. The first kappa shape index (κ1) is 42.6. The summed E-state index contributed by atoms with van der Waals surface area (Å²) in [5, 5.41) is 9.24. The van der Waals surface area contributed by atoms with Crippen LogP contribution in [0.1, 0.15) is 113 Å². The number of hydrogen-bond acceptors (Lipinski definition) is 4. The molecule has 0 aliphatic carbocycles. The second-order valence-corrected chi connectivity index (χ2v) is 18.1. The van der Waals surface area contributed by atoms with Crippen molar-refractivity contribution in [2.24, 2.45) is 0 Å². The zero-order valence-electron chi connectivity index (χ0n) is 34.4. The van der Waals surface area contributed by atoms with Gasteiger partial charge in [0.15, 0.2) is 5.71 Å². The Kier molecular flexibility index (Phi) is 13.8. The molecule has 0 atom stereocenters. The van der Waals surface area contributed by atoms with Gasteiger partial charge < -0.3 is 10.0 Å². The van der Waals surface area contributed by atoms with Crippen LogP contribution in [0, 0.1) is 13.8 Å². The molecule has 298 valence electrons. The quantitative estimate of drug-likeness (QED) is 0.0578. The van der Waals surface area contributed by atoms with Gasteiger partial charge in [0.05, 0.1) is 11.2 Å². The van der Waals surface area contributed by atoms with Gasteiger partial charge in [-0.3, -0.25) is 9.35 Å². The van der Waals surface area contributed by atoms with Gasteiger partial charge in [-0.05, 0) is 100 Å². The van der Waals surface area contributed by atoms with Crippen molar-refractivity contribution >= 4 is 38.7 Å². The number of unbranched alkanes of at least 4 members (excludes halogenated alkanes) is 3. The summed E-state index contributed by atoms with van der Waals surface area (Å²) in [7, 11) is -4.02. The normalized spacial score (nSPS) is 17.1. The minimum absolute atomic E-state index is 0.137. The highest BCUT2D eigenvalue weighted by Gasteiger charge is 2.44. The Morgan fingerprint density at radius 1 is 0.857 bits per heavy atom. The van der Waals surface area contributed by atoms with Crippen LogP contribution in [0.15, 0.2) is 103 Å². The Morgan fingerprint density at radius 3 is 2.30 bits per heavy atom. The second-order valence-electron chi connectivity index (χ2n) is 16.5. The number of benzene rings is 3. The summed E-state index contributed by atoms with van der Waals surface area (Å²) in [6, 6.07) is 21.7. The van der Waals surface area contributed by atoms with Crippen molar-refractivity contribution < 1.29 is 27.4 Å². The van der Waals surface area contributed by atoms with E-state index in [9.17, 15) is 22.9 Å². The van der Waals surface area contributed by atoms with Crippen LogP contribution in [0.3, 0.4) is 0 Å². The molecule has 3 aromatic carbocycles. The Balaban J connectivity index is 1.54. The summed E-state index contributed by atoms with van der Waals surface area (Å²) in [6.45, 7) is 17.2. The highest BCUT2D eigenvalue weighted by Crippen LogP contribution is 2.48. The molecular weight excluding hydrogens is 717 g/mol. The monoisotopic (exact) mass is 777 g/mol. The number of nitrogens with zero attached hydrogens (tertiary/aromatic N) is 2. The molecule has 0 bridgehead atoms. The van der Waals surface area contributed by atoms with E-state index in [4.69, 9.17) is 0 Å². The minimum atomic E-state index is -4.02. The predicted octanol–water partition coefficient (Wildman–Crippen LogP) is 10.8. The molecule has 0 saturated carbocycles. The zero-order chi connectivity index (χ0) is 40.7. The molecular formula is C48H61N2O5S+. The van der Waals surface area contributed by atoms with Crippen molar-refractivity contribution in [1.29, 1.82) is 0 Å². The summed E-state index contributed by atoms with van der Waals surface area (Å²) in [4.78, 5) is 13.5. The number of aliphatic carboxylic acids is 1. The predicted molar refractivity (Wildman–Crippen MR) is 232 cm³/mol. The summed E-state index contributed by atoms with van der Waals surface area (Å²) in [5.41, 5.74) is 12.6. The maximum atomic E-state index is 11.5. The van der Waals surface area contributed by atoms with Crippen LogP contribution in [-0.2, 0) is 32.2 Å². The number of anilines is 1. The van der Waals surface area contributed by atoms with Crippen molar-refractivity contribution in [1.82, 2.24) is 0 Å².